The van der Waals surface area contributed by atoms with Gasteiger partial charge >= 0.3 is 11.9 Å². The molecule has 350 valence electrons. The molecule has 4 aliphatic heterocycles. The average Bonchev–Trinajstić information content (AvgIpc) is 3.78. The summed E-state index contributed by atoms with van der Waals surface area (Å²) in [5.74, 6) is -3.13. The molecule has 6 aliphatic rings. The Morgan fingerprint density at radius 3 is 2.37 bits per heavy atom. The molecule has 1 aromatic carbocycles. The minimum absolute atomic E-state index is 0.0394. The van der Waals surface area contributed by atoms with Crippen LogP contribution in [-0.2, 0) is 54.2 Å². The van der Waals surface area contributed by atoms with Gasteiger partial charge in [0, 0.05) is 25.7 Å². The molecule has 2 aliphatic carbocycles. The van der Waals surface area contributed by atoms with Crippen LogP contribution in [0.1, 0.15) is 143 Å². The number of aliphatic hydroxyl groups is 2. The third-order valence-corrected chi connectivity index (χ3v) is 13.7. The number of esters is 2. The third kappa shape index (κ3) is 10.7. The molecular formula is C48H71N3O12. The number of ether oxygens (including phenoxy) is 5. The van der Waals surface area contributed by atoms with Gasteiger partial charge in [0.1, 0.15) is 41.5 Å². The lowest BCUT2D eigenvalue weighted by Crippen LogP contribution is -2.71. The monoisotopic (exact) mass is 882 g/mol. The number of nitrogens with one attached hydrogen (secondary N) is 2. The van der Waals surface area contributed by atoms with E-state index >= 15 is 4.79 Å². The topological polar surface area (TPSA) is 195 Å². The Bertz CT molecular complexity index is 1810. The van der Waals surface area contributed by atoms with Gasteiger partial charge in [0.2, 0.25) is 11.8 Å². The molecule has 3 unspecified atom stereocenters. The normalized spacial score (nSPS) is 32.0. The fraction of sp³-hybridized carbons (Fsp3) is 0.750. The maximum absolute atomic E-state index is 15.3. The fourth-order valence-electron chi connectivity index (χ4n) is 10.4. The minimum atomic E-state index is -1.61. The van der Waals surface area contributed by atoms with Crippen molar-refractivity contribution >= 4 is 29.8 Å². The number of hydrogen-bond acceptors (Lipinski definition) is 13. The van der Waals surface area contributed by atoms with Gasteiger partial charge in [0.05, 0.1) is 37.5 Å². The van der Waals surface area contributed by atoms with E-state index in [0.717, 1.165) is 68.9 Å². The molecule has 7 rings (SSSR count). The van der Waals surface area contributed by atoms with Gasteiger partial charge in [-0.2, -0.15) is 5.06 Å². The first-order valence-electron chi connectivity index (χ1n) is 23.6. The predicted octanol–water partition coefficient (Wildman–Crippen LogP) is 5.17. The van der Waals surface area contributed by atoms with Crippen LogP contribution in [0.2, 0.25) is 0 Å². The highest BCUT2D eigenvalue weighted by molar-refractivity contribution is 5.96. The first-order chi connectivity index (χ1) is 30.1. The number of epoxide rings is 1. The Morgan fingerprint density at radius 1 is 0.984 bits per heavy atom. The summed E-state index contributed by atoms with van der Waals surface area (Å²) in [6.45, 7) is 10.6. The minimum Gasteiger partial charge on any atom is -0.460 e. The Labute approximate surface area is 372 Å². The number of carbonyl (C=O) groups is 4. The van der Waals surface area contributed by atoms with Gasteiger partial charge in [-0.25, -0.2) is 0 Å². The maximum atomic E-state index is 15.3. The Morgan fingerprint density at radius 2 is 1.70 bits per heavy atom. The number of benzene rings is 1. The van der Waals surface area contributed by atoms with Crippen LogP contribution in [0.4, 0.5) is 0 Å². The summed E-state index contributed by atoms with van der Waals surface area (Å²) in [7, 11) is 0. The zero-order chi connectivity index (χ0) is 45.1. The van der Waals surface area contributed by atoms with E-state index in [1.807, 2.05) is 24.3 Å². The summed E-state index contributed by atoms with van der Waals surface area (Å²) in [6, 6.07) is 4.31. The van der Waals surface area contributed by atoms with Crippen LogP contribution in [0.3, 0.4) is 0 Å². The molecule has 15 nitrogen and oxygen atoms in total. The molecule has 6 fully saturated rings. The number of hydroxylamine groups is 2. The molecule has 0 aromatic heterocycles. The zero-order valence-electron chi connectivity index (χ0n) is 38.1. The molecule has 12 atom stereocenters. The van der Waals surface area contributed by atoms with E-state index in [1.54, 1.807) is 25.8 Å². The van der Waals surface area contributed by atoms with Crippen molar-refractivity contribution in [3.8, 4) is 0 Å². The van der Waals surface area contributed by atoms with Gasteiger partial charge in [0.25, 0.3) is 0 Å². The van der Waals surface area contributed by atoms with Crippen LogP contribution >= 0.6 is 0 Å². The van der Waals surface area contributed by atoms with Crippen LogP contribution in [0.25, 0.3) is 6.08 Å². The number of unbranched alkanes of at least 4 members (excludes halogenated alkanes) is 4. The Balaban J connectivity index is 1.18. The van der Waals surface area contributed by atoms with Crippen LogP contribution in [0, 0.1) is 11.3 Å². The van der Waals surface area contributed by atoms with Crippen molar-refractivity contribution in [3.63, 3.8) is 0 Å². The van der Waals surface area contributed by atoms with Crippen molar-refractivity contribution in [2.24, 2.45) is 11.3 Å². The lowest BCUT2D eigenvalue weighted by atomic mass is 9.62. The lowest BCUT2D eigenvalue weighted by molar-refractivity contribution is -0.224. The quantitative estimate of drug-likeness (QED) is 0.0719. The largest absolute Gasteiger partial charge is 0.460 e. The zero-order valence-corrected chi connectivity index (χ0v) is 38.1. The number of amides is 2. The number of fused-ring (bicyclic) bond motifs is 5. The number of aliphatic hydroxyl groups excluding tert-OH is 2. The van der Waals surface area contributed by atoms with Gasteiger partial charge in [-0.05, 0) is 83.3 Å². The number of rotatable bonds is 21. The predicted molar refractivity (Wildman–Crippen MR) is 231 cm³/mol. The van der Waals surface area contributed by atoms with E-state index in [0.29, 0.717) is 31.0 Å². The summed E-state index contributed by atoms with van der Waals surface area (Å²) < 4.78 is 31.3. The standard InChI is InChI=1S/C48H71N3O12/c1-7-9-13-23-47(24-14-10-8-2)61-39-36-26-48(45(57)50-38(29(3)53)43(55)49-33(28-52)20-22-37(54)60-46(4,5)6)41(44(56)59-36)51(63-42(48)40(39)62-47)27-32-16-12-11-15-31(32)19-17-30-18-21-34-35(25-30)58-34/h11-12,15-17,19,29-30,33-36,38-42,52-53H,7-10,13-14,18,20-28H2,1-6H3,(H,49,55)(H,50,57)/t29-,30?,33-,34?,35?,36+,38+,39-,40-,41-,42+,48-/m0/s1. The van der Waals surface area contributed by atoms with E-state index in [1.165, 1.54) is 6.92 Å². The van der Waals surface area contributed by atoms with Crippen molar-refractivity contribution in [3.05, 3.63) is 41.5 Å². The van der Waals surface area contributed by atoms with E-state index in [4.69, 9.17) is 28.5 Å². The Kier molecular flexibility index (Phi) is 15.1. The van der Waals surface area contributed by atoms with Crippen LogP contribution in [-0.4, -0.2) is 118 Å². The summed E-state index contributed by atoms with van der Waals surface area (Å²) in [4.78, 5) is 63.0. The molecule has 0 spiro atoms. The average molecular weight is 882 g/mol. The molecule has 2 bridgehead atoms. The Hall–Kier alpha value is -3.44. The highest BCUT2D eigenvalue weighted by Crippen LogP contribution is 2.58. The number of allylic oxidation sites excluding steroid dienone is 1. The maximum Gasteiger partial charge on any atom is 0.327 e. The third-order valence-electron chi connectivity index (χ3n) is 13.7. The highest BCUT2D eigenvalue weighted by Gasteiger charge is 2.76. The molecule has 4 heterocycles. The van der Waals surface area contributed by atoms with E-state index < -0.39 is 95.8 Å². The van der Waals surface area contributed by atoms with E-state index in [9.17, 15) is 24.6 Å². The molecule has 15 heteroatoms. The second kappa shape index (κ2) is 20.0. The summed E-state index contributed by atoms with van der Waals surface area (Å²) in [5, 5.41) is 28.3. The van der Waals surface area contributed by atoms with Crippen molar-refractivity contribution < 1.29 is 57.9 Å². The lowest BCUT2D eigenvalue weighted by Gasteiger charge is -2.49. The molecule has 2 saturated carbocycles. The van der Waals surface area contributed by atoms with E-state index in [-0.39, 0.29) is 25.8 Å². The second-order valence-corrected chi connectivity index (χ2v) is 19.8. The van der Waals surface area contributed by atoms with Crippen LogP contribution in [0.15, 0.2) is 30.3 Å². The summed E-state index contributed by atoms with van der Waals surface area (Å²) in [6.07, 6.45) is 10.5. The van der Waals surface area contributed by atoms with Gasteiger partial charge in [0.15, 0.2) is 11.8 Å². The van der Waals surface area contributed by atoms with Crippen molar-refractivity contribution in [2.45, 2.75) is 210 Å². The second-order valence-electron chi connectivity index (χ2n) is 19.8. The first kappa shape index (κ1) is 47.5. The van der Waals surface area contributed by atoms with Gasteiger partial charge in [-0.3, -0.25) is 24.0 Å². The van der Waals surface area contributed by atoms with Crippen molar-refractivity contribution in [1.29, 1.82) is 0 Å². The summed E-state index contributed by atoms with van der Waals surface area (Å²) in [5.41, 5.74) is -0.478. The molecule has 2 amide bonds. The molecule has 4 N–H and O–H groups in total. The smallest absolute Gasteiger partial charge is 0.327 e. The van der Waals surface area contributed by atoms with Gasteiger partial charge in [-0.1, -0.05) is 75.9 Å². The molecule has 4 saturated heterocycles. The molecular weight excluding hydrogens is 811 g/mol. The van der Waals surface area contributed by atoms with Gasteiger partial charge in [-0.15, -0.1) is 0 Å². The van der Waals surface area contributed by atoms with E-state index in [2.05, 4.69) is 36.6 Å². The van der Waals surface area contributed by atoms with Crippen LogP contribution in [0.5, 0.6) is 0 Å². The molecule has 63 heavy (non-hydrogen) atoms. The molecule has 0 radical (unpaired) electrons. The fourth-order valence-corrected chi connectivity index (χ4v) is 10.4. The van der Waals surface area contributed by atoms with Crippen molar-refractivity contribution in [1.82, 2.24) is 15.7 Å². The molecule has 1 aromatic rings. The SMILES string of the molecule is CCCCCC1(CCCCC)O[C@@H]2[C@H](O1)[C@H]1ON(Cc3ccccc3C=CC3CCC4OC4C3)[C@H]3C(=O)O[C@@H]2C[C@@]13C(=O)N[C@@H](C(=O)N[C@H](CO)CCC(=O)OC(C)(C)C)[C@H](C)O. The summed E-state index contributed by atoms with van der Waals surface area (Å²) >= 11 is 0. The van der Waals surface area contributed by atoms with Crippen molar-refractivity contribution in [2.75, 3.05) is 6.61 Å². The number of nitrogens with zero attached hydrogens (tertiary/aromatic N) is 1. The first-order valence-corrected chi connectivity index (χ1v) is 23.6. The van der Waals surface area contributed by atoms with Gasteiger partial charge < -0.3 is 44.5 Å². The number of hydrogen-bond donors (Lipinski definition) is 4. The van der Waals surface area contributed by atoms with Crippen LogP contribution < -0.4 is 10.6 Å². The highest BCUT2D eigenvalue weighted by atomic mass is 16.8. The number of carbonyl (C=O) groups excluding carboxylic acids is 4.